The molecule has 2 N–H and O–H groups in total. The maximum Gasteiger partial charge on any atom is 0.273 e. The number of hydrogen-bond acceptors (Lipinski definition) is 5. The van der Waals surface area contributed by atoms with Crippen LogP contribution in [0, 0.1) is 20.8 Å². The Morgan fingerprint density at radius 1 is 1.11 bits per heavy atom. The van der Waals surface area contributed by atoms with Gasteiger partial charge in [-0.05, 0) is 31.9 Å². The fraction of sp³-hybridized carbons (Fsp3) is 0.389. The van der Waals surface area contributed by atoms with Crippen molar-refractivity contribution in [2.24, 2.45) is 0 Å². The van der Waals surface area contributed by atoms with E-state index in [2.05, 4.69) is 20.9 Å². The molecule has 0 unspecified atom stereocenters. The van der Waals surface area contributed by atoms with Crippen LogP contribution in [0.1, 0.15) is 27.2 Å². The lowest BCUT2D eigenvalue weighted by molar-refractivity contribution is -0.129. The first-order chi connectivity index (χ1) is 12.7. The second kappa shape index (κ2) is 8.43. The molecule has 27 heavy (non-hydrogen) atoms. The molecule has 0 spiro atoms. The van der Waals surface area contributed by atoms with Crippen molar-refractivity contribution in [3.05, 3.63) is 40.7 Å². The van der Waals surface area contributed by atoms with Crippen LogP contribution < -0.4 is 10.6 Å². The lowest BCUT2D eigenvalue weighted by atomic mass is 10.1. The van der Waals surface area contributed by atoms with Gasteiger partial charge in [0.05, 0.1) is 12.7 Å². The Labute approximate surface area is 157 Å². The van der Waals surface area contributed by atoms with E-state index >= 15 is 0 Å². The van der Waals surface area contributed by atoms with Crippen LogP contribution in [0.5, 0.6) is 0 Å². The largest absolute Gasteiger partial charge is 0.347 e. The Balaban J connectivity index is 1.91. The molecule has 1 aromatic carbocycles. The molecule has 9 heteroatoms. The van der Waals surface area contributed by atoms with E-state index in [1.54, 1.807) is 14.1 Å². The van der Waals surface area contributed by atoms with Gasteiger partial charge in [0.25, 0.3) is 5.91 Å². The van der Waals surface area contributed by atoms with Gasteiger partial charge in [-0.15, -0.1) is 5.10 Å². The molecule has 0 aliphatic carbocycles. The Morgan fingerprint density at radius 3 is 2.33 bits per heavy atom. The van der Waals surface area contributed by atoms with E-state index in [0.29, 0.717) is 0 Å². The smallest absolute Gasteiger partial charge is 0.273 e. The number of carbonyl (C=O) groups is 3. The van der Waals surface area contributed by atoms with Crippen molar-refractivity contribution in [3.8, 4) is 0 Å². The van der Waals surface area contributed by atoms with Gasteiger partial charge in [0, 0.05) is 19.8 Å². The number of likely N-dealkylation sites (N-methyl/N-ethyl adjacent to an activating group) is 1. The van der Waals surface area contributed by atoms with Crippen molar-refractivity contribution < 1.29 is 14.4 Å². The van der Waals surface area contributed by atoms with E-state index < -0.39 is 5.91 Å². The average molecular weight is 372 g/mol. The maximum atomic E-state index is 12.1. The molecule has 1 aromatic heterocycles. The molecule has 0 bridgehead atoms. The Morgan fingerprint density at radius 2 is 1.74 bits per heavy atom. The first-order valence-corrected chi connectivity index (χ1v) is 8.43. The molecule has 1 heterocycles. The lowest BCUT2D eigenvalue weighted by Gasteiger charge is -2.13. The molecular formula is C18H24N6O3. The van der Waals surface area contributed by atoms with Crippen LogP contribution in [0.2, 0.25) is 0 Å². The van der Waals surface area contributed by atoms with Crippen molar-refractivity contribution >= 4 is 23.4 Å². The highest BCUT2D eigenvalue weighted by Crippen LogP contribution is 2.21. The summed E-state index contributed by atoms with van der Waals surface area (Å²) >= 11 is 0. The predicted octanol–water partition coefficient (Wildman–Crippen LogP) is 0.660. The molecule has 2 rings (SSSR count). The van der Waals surface area contributed by atoms with Crippen LogP contribution in [0.4, 0.5) is 5.69 Å². The normalized spacial score (nSPS) is 10.4. The zero-order valence-corrected chi connectivity index (χ0v) is 16.2. The van der Waals surface area contributed by atoms with E-state index in [1.165, 1.54) is 15.8 Å². The summed E-state index contributed by atoms with van der Waals surface area (Å²) in [6, 6.07) is 3.96. The number of benzene rings is 1. The topological polar surface area (TPSA) is 109 Å². The first-order valence-electron chi connectivity index (χ1n) is 8.43. The van der Waals surface area contributed by atoms with Gasteiger partial charge in [0.1, 0.15) is 6.54 Å². The molecule has 0 radical (unpaired) electrons. The van der Waals surface area contributed by atoms with Gasteiger partial charge in [0.15, 0.2) is 5.69 Å². The number of aryl methyl sites for hydroxylation is 3. The summed E-state index contributed by atoms with van der Waals surface area (Å²) in [4.78, 5) is 37.3. The number of anilines is 1. The Kier molecular flexibility index (Phi) is 6.27. The van der Waals surface area contributed by atoms with Crippen molar-refractivity contribution in [1.29, 1.82) is 0 Å². The third-order valence-corrected chi connectivity index (χ3v) is 3.92. The zero-order valence-electron chi connectivity index (χ0n) is 16.2. The SMILES string of the molecule is Cc1cc(C)c(NC(=O)CNC(=O)c2cn(CC(=O)N(C)C)nn2)c(C)c1. The average Bonchev–Trinajstić information content (AvgIpc) is 3.04. The molecule has 0 fully saturated rings. The van der Waals surface area contributed by atoms with Crippen LogP contribution in [0.3, 0.4) is 0 Å². The van der Waals surface area contributed by atoms with E-state index in [4.69, 9.17) is 0 Å². The van der Waals surface area contributed by atoms with E-state index in [1.807, 2.05) is 32.9 Å². The molecule has 0 saturated heterocycles. The predicted molar refractivity (Wildman–Crippen MR) is 100 cm³/mol. The van der Waals surface area contributed by atoms with Crippen LogP contribution in [-0.4, -0.2) is 58.3 Å². The molecule has 3 amide bonds. The van der Waals surface area contributed by atoms with Gasteiger partial charge in [-0.2, -0.15) is 0 Å². The fourth-order valence-corrected chi connectivity index (χ4v) is 2.57. The summed E-state index contributed by atoms with van der Waals surface area (Å²) in [6.07, 6.45) is 1.36. The molecule has 9 nitrogen and oxygen atoms in total. The summed E-state index contributed by atoms with van der Waals surface area (Å²) in [7, 11) is 3.26. The lowest BCUT2D eigenvalue weighted by Crippen LogP contribution is -2.33. The minimum absolute atomic E-state index is 0.0141. The summed E-state index contributed by atoms with van der Waals surface area (Å²) in [5.74, 6) is -1.05. The van der Waals surface area contributed by atoms with Crippen LogP contribution in [0.25, 0.3) is 0 Å². The molecule has 0 atom stereocenters. The maximum absolute atomic E-state index is 12.1. The highest BCUT2D eigenvalue weighted by atomic mass is 16.2. The molecular weight excluding hydrogens is 348 g/mol. The summed E-state index contributed by atoms with van der Waals surface area (Å²) in [5.41, 5.74) is 3.82. The number of nitrogens with zero attached hydrogens (tertiary/aromatic N) is 4. The van der Waals surface area contributed by atoms with E-state index in [9.17, 15) is 14.4 Å². The number of nitrogens with one attached hydrogen (secondary N) is 2. The van der Waals surface area contributed by atoms with Crippen LogP contribution >= 0.6 is 0 Å². The Bertz CT molecular complexity index is 849. The fourth-order valence-electron chi connectivity index (χ4n) is 2.57. The monoisotopic (exact) mass is 372 g/mol. The number of aromatic nitrogens is 3. The summed E-state index contributed by atoms with van der Waals surface area (Å²) in [6.45, 7) is 5.61. The number of rotatable bonds is 6. The molecule has 2 aromatic rings. The molecule has 0 aliphatic heterocycles. The molecule has 144 valence electrons. The quantitative estimate of drug-likeness (QED) is 0.774. The minimum atomic E-state index is -0.536. The molecule has 0 aliphatic rings. The first kappa shape index (κ1) is 20.1. The van der Waals surface area contributed by atoms with Gasteiger partial charge < -0.3 is 15.5 Å². The number of carbonyl (C=O) groups excluding carboxylic acids is 3. The highest BCUT2D eigenvalue weighted by molar-refractivity contribution is 5.98. The highest BCUT2D eigenvalue weighted by Gasteiger charge is 2.15. The van der Waals surface area contributed by atoms with Gasteiger partial charge in [-0.25, -0.2) is 4.68 Å². The minimum Gasteiger partial charge on any atom is -0.347 e. The number of hydrogen-bond donors (Lipinski definition) is 2. The Hall–Kier alpha value is -3.23. The standard InChI is InChI=1S/C18H24N6O3/c1-11-6-12(2)17(13(3)7-11)20-15(25)8-19-18(27)14-9-24(22-21-14)10-16(26)23(4)5/h6-7,9H,8,10H2,1-5H3,(H,19,27)(H,20,25). The number of amides is 3. The van der Waals surface area contributed by atoms with Crippen molar-refractivity contribution in [2.45, 2.75) is 27.3 Å². The third kappa shape index (κ3) is 5.37. The molecule has 0 saturated carbocycles. The van der Waals surface area contributed by atoms with Gasteiger partial charge >= 0.3 is 0 Å². The van der Waals surface area contributed by atoms with Gasteiger partial charge in [-0.1, -0.05) is 22.9 Å². The van der Waals surface area contributed by atoms with Gasteiger partial charge in [-0.3, -0.25) is 14.4 Å². The van der Waals surface area contributed by atoms with Crippen molar-refractivity contribution in [1.82, 2.24) is 25.2 Å². The third-order valence-electron chi connectivity index (χ3n) is 3.92. The van der Waals surface area contributed by atoms with Gasteiger partial charge in [0.2, 0.25) is 11.8 Å². The van der Waals surface area contributed by atoms with Crippen LogP contribution in [-0.2, 0) is 16.1 Å². The van der Waals surface area contributed by atoms with E-state index in [-0.39, 0.29) is 30.6 Å². The van der Waals surface area contributed by atoms with Crippen LogP contribution in [0.15, 0.2) is 18.3 Å². The second-order valence-corrected chi connectivity index (χ2v) is 6.59. The summed E-state index contributed by atoms with van der Waals surface area (Å²) < 4.78 is 1.27. The zero-order chi connectivity index (χ0) is 20.1. The second-order valence-electron chi connectivity index (χ2n) is 6.59. The van der Waals surface area contributed by atoms with Crippen molar-refractivity contribution in [3.63, 3.8) is 0 Å². The van der Waals surface area contributed by atoms with E-state index in [0.717, 1.165) is 22.4 Å². The van der Waals surface area contributed by atoms with Crippen molar-refractivity contribution in [2.75, 3.05) is 26.0 Å². The summed E-state index contributed by atoms with van der Waals surface area (Å²) in [5, 5.41) is 12.8.